The van der Waals surface area contributed by atoms with Gasteiger partial charge in [0.15, 0.2) is 0 Å². The summed E-state index contributed by atoms with van der Waals surface area (Å²) >= 11 is 0. The highest BCUT2D eigenvalue weighted by Gasteiger charge is 2.25. The van der Waals surface area contributed by atoms with E-state index in [0.717, 1.165) is 43.1 Å². The Morgan fingerprint density at radius 3 is 2.88 bits per heavy atom. The number of hydrogen-bond acceptors (Lipinski definition) is 4. The van der Waals surface area contributed by atoms with Gasteiger partial charge in [-0.05, 0) is 44.0 Å². The van der Waals surface area contributed by atoms with E-state index >= 15 is 0 Å². The van der Waals surface area contributed by atoms with Crippen molar-refractivity contribution >= 4 is 5.91 Å². The van der Waals surface area contributed by atoms with Crippen LogP contribution in [0.1, 0.15) is 28.9 Å². The summed E-state index contributed by atoms with van der Waals surface area (Å²) in [5.74, 6) is 1.97. The molecule has 0 bridgehead atoms. The number of aromatic nitrogens is 1. The molecule has 1 aromatic heterocycles. The van der Waals surface area contributed by atoms with Crippen LogP contribution in [-0.2, 0) is 0 Å². The lowest BCUT2D eigenvalue weighted by Gasteiger charge is -2.32. The van der Waals surface area contributed by atoms with E-state index < -0.39 is 0 Å². The molecule has 25 heavy (non-hydrogen) atoms. The summed E-state index contributed by atoms with van der Waals surface area (Å²) in [6.45, 7) is 4.03. The summed E-state index contributed by atoms with van der Waals surface area (Å²) < 4.78 is 11.1. The van der Waals surface area contributed by atoms with Gasteiger partial charge < -0.3 is 14.4 Å². The van der Waals surface area contributed by atoms with Crippen LogP contribution in [0, 0.1) is 12.8 Å². The fourth-order valence-corrected chi connectivity index (χ4v) is 3.07. The molecule has 1 aromatic carbocycles. The van der Waals surface area contributed by atoms with E-state index in [2.05, 4.69) is 4.98 Å². The number of carbonyl (C=O) groups excluding carboxylic acids is 1. The molecule has 1 aliphatic heterocycles. The Morgan fingerprint density at radius 2 is 2.12 bits per heavy atom. The molecule has 2 aromatic rings. The Kier molecular flexibility index (Phi) is 5.53. The van der Waals surface area contributed by atoms with Gasteiger partial charge in [-0.25, -0.2) is 0 Å². The molecule has 1 saturated heterocycles. The second-order valence-electron chi connectivity index (χ2n) is 6.44. The summed E-state index contributed by atoms with van der Waals surface area (Å²) in [5, 5.41) is 0. The van der Waals surface area contributed by atoms with E-state index in [1.165, 1.54) is 0 Å². The number of methoxy groups -OCH3 is 1. The van der Waals surface area contributed by atoms with Gasteiger partial charge in [0, 0.05) is 37.0 Å². The van der Waals surface area contributed by atoms with E-state index in [1.54, 1.807) is 13.3 Å². The van der Waals surface area contributed by atoms with Crippen LogP contribution < -0.4 is 9.47 Å². The fourth-order valence-electron chi connectivity index (χ4n) is 3.07. The molecule has 132 valence electrons. The third-order valence-corrected chi connectivity index (χ3v) is 4.49. The average molecular weight is 340 g/mol. The minimum atomic E-state index is 0.0542. The highest BCUT2D eigenvalue weighted by atomic mass is 16.5. The van der Waals surface area contributed by atoms with E-state index in [4.69, 9.17) is 9.47 Å². The van der Waals surface area contributed by atoms with Gasteiger partial charge in [-0.3, -0.25) is 9.78 Å². The number of benzene rings is 1. The van der Waals surface area contributed by atoms with Crippen LogP contribution in [0.25, 0.3) is 0 Å². The molecule has 1 atom stereocenters. The van der Waals surface area contributed by atoms with Gasteiger partial charge in [0.05, 0.1) is 19.3 Å². The lowest BCUT2D eigenvalue weighted by molar-refractivity contribution is 0.0633. The monoisotopic (exact) mass is 340 g/mol. The van der Waals surface area contributed by atoms with Crippen molar-refractivity contribution in [3.8, 4) is 11.5 Å². The average Bonchev–Trinajstić information content (AvgIpc) is 2.67. The number of piperidine rings is 1. The quantitative estimate of drug-likeness (QED) is 0.838. The SMILES string of the molecule is COc1cccc(OC[C@H]2CCCN(C(=O)c3ccc(C)nc3)C2)c1. The molecular formula is C20H24N2O3. The highest BCUT2D eigenvalue weighted by molar-refractivity contribution is 5.94. The molecule has 2 heterocycles. The van der Waals surface area contributed by atoms with E-state index in [0.29, 0.717) is 18.1 Å². The van der Waals surface area contributed by atoms with Crippen LogP contribution in [0.3, 0.4) is 0 Å². The number of aryl methyl sites for hydroxylation is 1. The van der Waals surface area contributed by atoms with Crippen LogP contribution in [-0.4, -0.2) is 42.6 Å². The first-order valence-corrected chi connectivity index (χ1v) is 8.64. The molecule has 0 radical (unpaired) electrons. The van der Waals surface area contributed by atoms with Gasteiger partial charge in [-0.15, -0.1) is 0 Å². The van der Waals surface area contributed by atoms with Gasteiger partial charge in [0.25, 0.3) is 5.91 Å². The fraction of sp³-hybridized carbons (Fsp3) is 0.400. The van der Waals surface area contributed by atoms with Gasteiger partial charge in [-0.1, -0.05) is 6.07 Å². The Balaban J connectivity index is 1.57. The van der Waals surface area contributed by atoms with Crippen molar-refractivity contribution in [3.05, 3.63) is 53.9 Å². The second kappa shape index (κ2) is 8.01. The molecule has 1 fully saturated rings. The van der Waals surface area contributed by atoms with Crippen molar-refractivity contribution in [2.24, 2.45) is 5.92 Å². The van der Waals surface area contributed by atoms with Gasteiger partial charge in [-0.2, -0.15) is 0 Å². The number of hydrogen-bond donors (Lipinski definition) is 0. The predicted octanol–water partition coefficient (Wildman–Crippen LogP) is 3.33. The smallest absolute Gasteiger partial charge is 0.255 e. The number of rotatable bonds is 5. The topological polar surface area (TPSA) is 51.7 Å². The summed E-state index contributed by atoms with van der Waals surface area (Å²) in [5.41, 5.74) is 1.57. The lowest BCUT2D eigenvalue weighted by atomic mass is 9.98. The Hall–Kier alpha value is -2.56. The summed E-state index contributed by atoms with van der Waals surface area (Å²) in [4.78, 5) is 18.8. The molecule has 5 nitrogen and oxygen atoms in total. The molecule has 5 heteroatoms. The molecule has 0 aliphatic carbocycles. The number of amides is 1. The van der Waals surface area contributed by atoms with Crippen molar-refractivity contribution in [2.45, 2.75) is 19.8 Å². The zero-order chi connectivity index (χ0) is 17.6. The van der Waals surface area contributed by atoms with Crippen molar-refractivity contribution < 1.29 is 14.3 Å². The number of nitrogens with zero attached hydrogens (tertiary/aromatic N) is 2. The zero-order valence-electron chi connectivity index (χ0n) is 14.8. The first-order chi connectivity index (χ1) is 12.2. The molecule has 1 amide bonds. The number of ether oxygens (including phenoxy) is 2. The third kappa shape index (κ3) is 4.50. The van der Waals surface area contributed by atoms with Gasteiger partial charge in [0.1, 0.15) is 11.5 Å². The van der Waals surface area contributed by atoms with E-state index in [-0.39, 0.29) is 5.91 Å². The molecule has 3 rings (SSSR count). The van der Waals surface area contributed by atoms with Crippen LogP contribution in [0.4, 0.5) is 0 Å². The summed E-state index contributed by atoms with van der Waals surface area (Å²) in [6, 6.07) is 11.3. The maximum atomic E-state index is 12.6. The number of pyridine rings is 1. The van der Waals surface area contributed by atoms with E-state index in [1.807, 2.05) is 48.2 Å². The Morgan fingerprint density at radius 1 is 1.28 bits per heavy atom. The first kappa shape index (κ1) is 17.3. The molecule has 1 aliphatic rings. The van der Waals surface area contributed by atoms with Crippen molar-refractivity contribution in [3.63, 3.8) is 0 Å². The minimum Gasteiger partial charge on any atom is -0.497 e. The Bertz CT molecular complexity index is 715. The predicted molar refractivity (Wildman–Crippen MR) is 96.1 cm³/mol. The number of likely N-dealkylation sites (tertiary alicyclic amines) is 1. The van der Waals surface area contributed by atoms with Gasteiger partial charge in [0.2, 0.25) is 0 Å². The third-order valence-electron chi connectivity index (χ3n) is 4.49. The van der Waals surface area contributed by atoms with Crippen molar-refractivity contribution in [1.82, 2.24) is 9.88 Å². The van der Waals surface area contributed by atoms with Crippen LogP contribution in [0.5, 0.6) is 11.5 Å². The maximum absolute atomic E-state index is 12.6. The lowest BCUT2D eigenvalue weighted by Crippen LogP contribution is -2.41. The highest BCUT2D eigenvalue weighted by Crippen LogP contribution is 2.23. The first-order valence-electron chi connectivity index (χ1n) is 8.64. The maximum Gasteiger partial charge on any atom is 0.255 e. The Labute approximate surface area is 148 Å². The van der Waals surface area contributed by atoms with Crippen molar-refractivity contribution in [1.29, 1.82) is 0 Å². The second-order valence-corrected chi connectivity index (χ2v) is 6.44. The normalized spacial score (nSPS) is 17.2. The van der Waals surface area contributed by atoms with Crippen LogP contribution in [0.2, 0.25) is 0 Å². The van der Waals surface area contributed by atoms with Gasteiger partial charge >= 0.3 is 0 Å². The van der Waals surface area contributed by atoms with Crippen LogP contribution >= 0.6 is 0 Å². The summed E-state index contributed by atoms with van der Waals surface area (Å²) in [6.07, 6.45) is 3.73. The molecule has 0 spiro atoms. The summed E-state index contributed by atoms with van der Waals surface area (Å²) in [7, 11) is 1.64. The van der Waals surface area contributed by atoms with Crippen LogP contribution in [0.15, 0.2) is 42.6 Å². The van der Waals surface area contributed by atoms with Crippen molar-refractivity contribution in [2.75, 3.05) is 26.8 Å². The molecule has 0 N–H and O–H groups in total. The molecule has 0 saturated carbocycles. The van der Waals surface area contributed by atoms with E-state index in [9.17, 15) is 4.79 Å². The number of carbonyl (C=O) groups is 1. The largest absolute Gasteiger partial charge is 0.497 e. The molecule has 0 unspecified atom stereocenters. The minimum absolute atomic E-state index is 0.0542. The molecular weight excluding hydrogens is 316 g/mol. The zero-order valence-corrected chi connectivity index (χ0v) is 14.8. The standard InChI is InChI=1S/C20H24N2O3/c1-15-8-9-17(12-21-15)20(23)22-10-4-5-16(13-22)14-25-19-7-3-6-18(11-19)24-2/h3,6-9,11-12,16H,4-5,10,13-14H2,1-2H3/t16-/m0/s1.